The van der Waals surface area contributed by atoms with E-state index in [1.165, 1.54) is 0 Å². The van der Waals surface area contributed by atoms with E-state index in [9.17, 15) is 0 Å². The van der Waals surface area contributed by atoms with Crippen LogP contribution in [0.1, 0.15) is 16.8 Å². The van der Waals surface area contributed by atoms with Gasteiger partial charge in [-0.1, -0.05) is 0 Å². The van der Waals surface area contributed by atoms with Crippen LogP contribution in [0.3, 0.4) is 0 Å². The zero-order valence-electron chi connectivity index (χ0n) is 12.8. The third-order valence-electron chi connectivity index (χ3n) is 3.27. The molecule has 2 aromatic heterocycles. The highest BCUT2D eigenvalue weighted by Crippen LogP contribution is 2.26. The minimum Gasteiger partial charge on any atom is -0.439 e. The first-order chi connectivity index (χ1) is 11.2. The molecule has 0 bridgehead atoms. The molecule has 1 aromatic carbocycles. The van der Waals surface area contributed by atoms with Gasteiger partial charge in [-0.05, 0) is 49.7 Å². The van der Waals surface area contributed by atoms with Crippen molar-refractivity contribution in [2.75, 3.05) is 0 Å². The molecule has 5 nitrogen and oxygen atoms in total. The number of rotatable bonds is 3. The summed E-state index contributed by atoms with van der Waals surface area (Å²) in [4.78, 5) is 13.0. The van der Waals surface area contributed by atoms with Crippen LogP contribution in [0, 0.1) is 25.2 Å². The molecule has 0 atom stereocenters. The van der Waals surface area contributed by atoms with Gasteiger partial charge in [0, 0.05) is 29.7 Å². The Balaban J connectivity index is 1.95. The standard InChI is InChI=1S/C18H14N4O/c1-12-8-14(10-19)5-6-16(12)23-17-9-13(2)21-18(22-17)15-4-3-7-20-11-15/h3-9,11H,1-2H3. The first-order valence-electron chi connectivity index (χ1n) is 7.10. The highest BCUT2D eigenvalue weighted by Gasteiger charge is 2.08. The summed E-state index contributed by atoms with van der Waals surface area (Å²) >= 11 is 0. The number of nitrogens with zero attached hydrogens (tertiary/aromatic N) is 4. The summed E-state index contributed by atoms with van der Waals surface area (Å²) in [6, 6.07) is 12.9. The van der Waals surface area contributed by atoms with Crippen molar-refractivity contribution in [1.29, 1.82) is 5.26 Å². The normalized spacial score (nSPS) is 10.1. The SMILES string of the molecule is Cc1cc(Oc2ccc(C#N)cc2C)nc(-c2cccnc2)n1. The fraction of sp³-hybridized carbons (Fsp3) is 0.111. The topological polar surface area (TPSA) is 71.7 Å². The number of nitriles is 1. The maximum atomic E-state index is 8.92. The average molecular weight is 302 g/mol. The molecule has 3 rings (SSSR count). The lowest BCUT2D eigenvalue weighted by molar-refractivity contribution is 0.458. The van der Waals surface area contributed by atoms with Gasteiger partial charge >= 0.3 is 0 Å². The summed E-state index contributed by atoms with van der Waals surface area (Å²) in [6.45, 7) is 3.78. The van der Waals surface area contributed by atoms with E-state index < -0.39 is 0 Å². The van der Waals surface area contributed by atoms with Gasteiger partial charge in [-0.15, -0.1) is 0 Å². The van der Waals surface area contributed by atoms with Crippen LogP contribution >= 0.6 is 0 Å². The van der Waals surface area contributed by atoms with Crippen LogP contribution in [-0.4, -0.2) is 15.0 Å². The van der Waals surface area contributed by atoms with Crippen LogP contribution in [0.15, 0.2) is 48.8 Å². The minimum atomic E-state index is 0.462. The largest absolute Gasteiger partial charge is 0.439 e. The van der Waals surface area contributed by atoms with E-state index in [4.69, 9.17) is 10.00 Å². The van der Waals surface area contributed by atoms with Crippen molar-refractivity contribution in [3.05, 3.63) is 65.6 Å². The van der Waals surface area contributed by atoms with Gasteiger partial charge in [-0.2, -0.15) is 10.2 Å². The highest BCUT2D eigenvalue weighted by atomic mass is 16.5. The molecule has 0 unspecified atom stereocenters. The second-order valence-corrected chi connectivity index (χ2v) is 5.11. The van der Waals surface area contributed by atoms with Gasteiger partial charge < -0.3 is 4.74 Å². The number of hydrogen-bond donors (Lipinski definition) is 0. The Morgan fingerprint density at radius 1 is 1.09 bits per heavy atom. The molecule has 0 fully saturated rings. The van der Waals surface area contributed by atoms with E-state index in [2.05, 4.69) is 21.0 Å². The van der Waals surface area contributed by atoms with E-state index >= 15 is 0 Å². The molecule has 0 amide bonds. The number of aryl methyl sites for hydroxylation is 2. The molecule has 0 aliphatic carbocycles. The zero-order chi connectivity index (χ0) is 16.2. The Morgan fingerprint density at radius 3 is 2.65 bits per heavy atom. The zero-order valence-corrected chi connectivity index (χ0v) is 12.8. The van der Waals surface area contributed by atoms with Crippen molar-refractivity contribution in [3.8, 4) is 29.1 Å². The summed E-state index contributed by atoms with van der Waals surface area (Å²) in [5, 5.41) is 8.92. The first kappa shape index (κ1) is 14.7. The second-order valence-electron chi connectivity index (χ2n) is 5.11. The average Bonchev–Trinajstić information content (AvgIpc) is 2.57. The quantitative estimate of drug-likeness (QED) is 0.735. The number of pyridine rings is 1. The molecule has 0 aliphatic rings. The molecular weight excluding hydrogens is 288 g/mol. The predicted molar refractivity (Wildman–Crippen MR) is 86.0 cm³/mol. The van der Waals surface area contributed by atoms with E-state index in [-0.39, 0.29) is 0 Å². The predicted octanol–water partition coefficient (Wildman–Crippen LogP) is 3.82. The van der Waals surface area contributed by atoms with E-state index in [1.54, 1.807) is 36.7 Å². The molecule has 0 saturated heterocycles. The van der Waals surface area contributed by atoms with E-state index in [0.29, 0.717) is 23.0 Å². The van der Waals surface area contributed by atoms with Crippen molar-refractivity contribution in [1.82, 2.24) is 15.0 Å². The molecule has 0 aliphatic heterocycles. The highest BCUT2D eigenvalue weighted by molar-refractivity contribution is 5.54. The Labute approximate surface area is 134 Å². The minimum absolute atomic E-state index is 0.462. The van der Waals surface area contributed by atoms with Crippen LogP contribution < -0.4 is 4.74 Å². The van der Waals surface area contributed by atoms with Crippen LogP contribution in [-0.2, 0) is 0 Å². The lowest BCUT2D eigenvalue weighted by Gasteiger charge is -2.10. The van der Waals surface area contributed by atoms with Crippen molar-refractivity contribution in [3.63, 3.8) is 0 Å². The van der Waals surface area contributed by atoms with Gasteiger partial charge in [-0.3, -0.25) is 4.98 Å². The van der Waals surface area contributed by atoms with Crippen molar-refractivity contribution in [2.24, 2.45) is 0 Å². The van der Waals surface area contributed by atoms with Gasteiger partial charge in [0.15, 0.2) is 5.82 Å². The molecule has 0 spiro atoms. The van der Waals surface area contributed by atoms with Crippen molar-refractivity contribution >= 4 is 0 Å². The molecule has 112 valence electrons. The lowest BCUT2D eigenvalue weighted by Crippen LogP contribution is -1.97. The summed E-state index contributed by atoms with van der Waals surface area (Å²) in [6.07, 6.45) is 3.42. The van der Waals surface area contributed by atoms with Gasteiger partial charge in [0.2, 0.25) is 5.88 Å². The number of aromatic nitrogens is 3. The smallest absolute Gasteiger partial charge is 0.223 e. The Morgan fingerprint density at radius 2 is 1.96 bits per heavy atom. The van der Waals surface area contributed by atoms with Gasteiger partial charge in [0.25, 0.3) is 0 Å². The van der Waals surface area contributed by atoms with Gasteiger partial charge in [0.05, 0.1) is 11.6 Å². The molecule has 0 N–H and O–H groups in total. The lowest BCUT2D eigenvalue weighted by atomic mass is 10.1. The molecule has 0 radical (unpaired) electrons. The molecule has 2 heterocycles. The molecule has 3 aromatic rings. The summed E-state index contributed by atoms with van der Waals surface area (Å²) in [5.41, 5.74) is 3.12. The van der Waals surface area contributed by atoms with Crippen LogP contribution in [0.5, 0.6) is 11.6 Å². The van der Waals surface area contributed by atoms with Crippen molar-refractivity contribution in [2.45, 2.75) is 13.8 Å². The summed E-state index contributed by atoms with van der Waals surface area (Å²) in [5.74, 6) is 1.70. The monoisotopic (exact) mass is 302 g/mol. The Bertz CT molecular complexity index is 885. The van der Waals surface area contributed by atoms with Crippen molar-refractivity contribution < 1.29 is 4.74 Å². The molecule has 5 heteroatoms. The van der Waals surface area contributed by atoms with E-state index in [1.807, 2.05) is 26.0 Å². The van der Waals surface area contributed by atoms with Crippen LogP contribution in [0.4, 0.5) is 0 Å². The molecular formula is C18H14N4O. The first-order valence-corrected chi connectivity index (χ1v) is 7.10. The second kappa shape index (κ2) is 6.24. The molecule has 0 saturated carbocycles. The molecule has 23 heavy (non-hydrogen) atoms. The maximum Gasteiger partial charge on any atom is 0.223 e. The third-order valence-corrected chi connectivity index (χ3v) is 3.27. The summed E-state index contributed by atoms with van der Waals surface area (Å²) < 4.78 is 5.87. The van der Waals surface area contributed by atoms with E-state index in [0.717, 1.165) is 16.8 Å². The number of benzene rings is 1. The fourth-order valence-corrected chi connectivity index (χ4v) is 2.16. The number of hydrogen-bond acceptors (Lipinski definition) is 5. The fourth-order valence-electron chi connectivity index (χ4n) is 2.16. The Hall–Kier alpha value is -3.26. The summed E-state index contributed by atoms with van der Waals surface area (Å²) in [7, 11) is 0. The van der Waals surface area contributed by atoms with Crippen LogP contribution in [0.25, 0.3) is 11.4 Å². The van der Waals surface area contributed by atoms with Crippen LogP contribution in [0.2, 0.25) is 0 Å². The van der Waals surface area contributed by atoms with Gasteiger partial charge in [-0.25, -0.2) is 4.98 Å². The third kappa shape index (κ3) is 3.33. The maximum absolute atomic E-state index is 8.92. The Kier molecular flexibility index (Phi) is 3.98. The van der Waals surface area contributed by atoms with Gasteiger partial charge in [0.1, 0.15) is 5.75 Å². The number of ether oxygens (including phenoxy) is 1.